The first kappa shape index (κ1) is 22.7. The van der Waals surface area contributed by atoms with Gasteiger partial charge in [0.15, 0.2) is 5.96 Å². The fourth-order valence-electron chi connectivity index (χ4n) is 2.44. The zero-order chi connectivity index (χ0) is 17.9. The van der Waals surface area contributed by atoms with E-state index in [2.05, 4.69) is 27.8 Å². The zero-order valence-corrected chi connectivity index (χ0v) is 18.1. The summed E-state index contributed by atoms with van der Waals surface area (Å²) in [6.45, 7) is 3.14. The molecular formula is C19H31IN4O2. The maximum absolute atomic E-state index is 11.9. The molecule has 26 heavy (non-hydrogen) atoms. The van der Waals surface area contributed by atoms with Gasteiger partial charge >= 0.3 is 0 Å². The number of ether oxygens (including phenoxy) is 1. The molecule has 146 valence electrons. The summed E-state index contributed by atoms with van der Waals surface area (Å²) in [5.74, 6) is 1.45. The zero-order valence-electron chi connectivity index (χ0n) is 15.7. The molecule has 2 N–H and O–H groups in total. The highest BCUT2D eigenvalue weighted by molar-refractivity contribution is 14.0. The van der Waals surface area contributed by atoms with Gasteiger partial charge in [-0.05, 0) is 30.7 Å². The van der Waals surface area contributed by atoms with Crippen molar-refractivity contribution in [3.05, 3.63) is 35.9 Å². The van der Waals surface area contributed by atoms with Crippen molar-refractivity contribution in [3.8, 4) is 0 Å². The van der Waals surface area contributed by atoms with Crippen molar-refractivity contribution < 1.29 is 9.53 Å². The fraction of sp³-hybridized carbons (Fsp3) is 0.579. The van der Waals surface area contributed by atoms with E-state index in [1.807, 2.05) is 30.1 Å². The summed E-state index contributed by atoms with van der Waals surface area (Å²) in [6.07, 6.45) is 3.44. The normalized spacial score (nSPS) is 13.7. The summed E-state index contributed by atoms with van der Waals surface area (Å²) < 4.78 is 5.64. The first-order valence-corrected chi connectivity index (χ1v) is 8.99. The molecule has 0 radical (unpaired) electrons. The van der Waals surface area contributed by atoms with Crippen LogP contribution in [0.3, 0.4) is 0 Å². The topological polar surface area (TPSA) is 66.0 Å². The number of nitrogens with one attached hydrogen (secondary N) is 2. The van der Waals surface area contributed by atoms with Gasteiger partial charge in [-0.3, -0.25) is 9.79 Å². The Morgan fingerprint density at radius 2 is 2.00 bits per heavy atom. The van der Waals surface area contributed by atoms with Crippen LogP contribution in [0.5, 0.6) is 0 Å². The van der Waals surface area contributed by atoms with Crippen LogP contribution in [0.15, 0.2) is 35.3 Å². The smallest absolute Gasteiger partial charge is 0.239 e. The molecule has 0 aromatic heterocycles. The lowest BCUT2D eigenvalue weighted by atomic mass is 10.1. The lowest BCUT2D eigenvalue weighted by Gasteiger charge is -2.21. The number of amides is 1. The molecule has 7 heteroatoms. The lowest BCUT2D eigenvalue weighted by Crippen LogP contribution is -2.45. The van der Waals surface area contributed by atoms with E-state index in [1.54, 1.807) is 7.05 Å². The molecule has 0 aliphatic heterocycles. The van der Waals surface area contributed by atoms with E-state index in [4.69, 9.17) is 4.74 Å². The number of nitrogens with zero attached hydrogens (tertiary/aromatic N) is 2. The Morgan fingerprint density at radius 3 is 2.65 bits per heavy atom. The second-order valence-corrected chi connectivity index (χ2v) is 6.43. The number of likely N-dealkylation sites (N-methyl/N-ethyl adjacent to an activating group) is 1. The average Bonchev–Trinajstić information content (AvgIpc) is 3.44. The summed E-state index contributed by atoms with van der Waals surface area (Å²) in [5.41, 5.74) is 1.22. The van der Waals surface area contributed by atoms with Gasteiger partial charge in [-0.1, -0.05) is 30.3 Å². The minimum atomic E-state index is -0.0320. The standard InChI is InChI=1S/C19H30N4O2.HI/c1-20-19(23(2)12-13-25-15-17-8-9-17)22-14-18(24)21-11-10-16-6-4-3-5-7-16;/h3-7,17H,8-15H2,1-2H3,(H,20,22)(H,21,24);1H. The maximum Gasteiger partial charge on any atom is 0.239 e. The van der Waals surface area contributed by atoms with Crippen LogP contribution in [0.4, 0.5) is 0 Å². The first-order chi connectivity index (χ1) is 12.2. The number of hydrogen-bond acceptors (Lipinski definition) is 3. The SMILES string of the molecule is CN=C(NCC(=O)NCCc1ccccc1)N(C)CCOCC1CC1.I. The number of guanidine groups is 1. The van der Waals surface area contributed by atoms with Crippen LogP contribution >= 0.6 is 24.0 Å². The highest BCUT2D eigenvalue weighted by atomic mass is 127. The van der Waals surface area contributed by atoms with Crippen LogP contribution in [0.2, 0.25) is 0 Å². The predicted molar refractivity (Wildman–Crippen MR) is 116 cm³/mol. The molecule has 1 amide bonds. The average molecular weight is 474 g/mol. The third kappa shape index (κ3) is 9.38. The Labute approximate surface area is 173 Å². The van der Waals surface area contributed by atoms with Gasteiger partial charge in [-0.25, -0.2) is 0 Å². The number of carbonyl (C=O) groups excluding carboxylic acids is 1. The Hall–Kier alpha value is -1.35. The molecule has 1 aromatic carbocycles. The molecule has 2 rings (SSSR count). The molecule has 6 nitrogen and oxygen atoms in total. The summed E-state index contributed by atoms with van der Waals surface area (Å²) >= 11 is 0. The molecule has 1 fully saturated rings. The van der Waals surface area contributed by atoms with Crippen molar-refractivity contribution in [1.82, 2.24) is 15.5 Å². The van der Waals surface area contributed by atoms with Gasteiger partial charge in [-0.2, -0.15) is 0 Å². The molecule has 0 atom stereocenters. The summed E-state index contributed by atoms with van der Waals surface area (Å²) in [6, 6.07) is 10.1. The fourth-order valence-corrected chi connectivity index (χ4v) is 2.44. The Balaban J connectivity index is 0.00000338. The van der Waals surface area contributed by atoms with Crippen LogP contribution in [0, 0.1) is 5.92 Å². The third-order valence-electron chi connectivity index (χ3n) is 4.18. The van der Waals surface area contributed by atoms with E-state index in [-0.39, 0.29) is 36.4 Å². The summed E-state index contributed by atoms with van der Waals surface area (Å²) in [4.78, 5) is 18.1. The van der Waals surface area contributed by atoms with E-state index in [0.29, 0.717) is 19.1 Å². The number of hydrogen-bond donors (Lipinski definition) is 2. The van der Waals surface area contributed by atoms with Crippen molar-refractivity contribution in [1.29, 1.82) is 0 Å². The van der Waals surface area contributed by atoms with Gasteiger partial charge in [0.1, 0.15) is 0 Å². The molecule has 0 saturated heterocycles. The summed E-state index contributed by atoms with van der Waals surface area (Å²) in [7, 11) is 3.67. The largest absolute Gasteiger partial charge is 0.379 e. The Morgan fingerprint density at radius 1 is 1.27 bits per heavy atom. The number of carbonyl (C=O) groups is 1. The van der Waals surface area contributed by atoms with Crippen molar-refractivity contribution >= 4 is 35.8 Å². The van der Waals surface area contributed by atoms with Crippen molar-refractivity contribution in [3.63, 3.8) is 0 Å². The minimum absolute atomic E-state index is 0. The molecule has 1 saturated carbocycles. The van der Waals surface area contributed by atoms with Crippen LogP contribution in [-0.4, -0.2) is 63.7 Å². The van der Waals surface area contributed by atoms with Gasteiger partial charge in [0, 0.05) is 33.8 Å². The van der Waals surface area contributed by atoms with E-state index in [9.17, 15) is 4.79 Å². The monoisotopic (exact) mass is 474 g/mol. The van der Waals surface area contributed by atoms with Crippen molar-refractivity contribution in [2.75, 3.05) is 46.9 Å². The van der Waals surface area contributed by atoms with E-state index in [1.165, 1.54) is 18.4 Å². The molecule has 0 bridgehead atoms. The number of rotatable bonds is 10. The van der Waals surface area contributed by atoms with Crippen LogP contribution in [-0.2, 0) is 16.0 Å². The second-order valence-electron chi connectivity index (χ2n) is 6.43. The van der Waals surface area contributed by atoms with E-state index < -0.39 is 0 Å². The second kappa shape index (κ2) is 12.9. The minimum Gasteiger partial charge on any atom is -0.379 e. The third-order valence-corrected chi connectivity index (χ3v) is 4.18. The van der Waals surface area contributed by atoms with Crippen LogP contribution in [0.25, 0.3) is 0 Å². The van der Waals surface area contributed by atoms with Crippen LogP contribution < -0.4 is 10.6 Å². The van der Waals surface area contributed by atoms with Crippen molar-refractivity contribution in [2.45, 2.75) is 19.3 Å². The Kier molecular flexibility index (Phi) is 11.3. The maximum atomic E-state index is 11.9. The van der Waals surface area contributed by atoms with Gasteiger partial charge < -0.3 is 20.3 Å². The van der Waals surface area contributed by atoms with E-state index >= 15 is 0 Å². The van der Waals surface area contributed by atoms with Gasteiger partial charge in [0.25, 0.3) is 0 Å². The van der Waals surface area contributed by atoms with Crippen molar-refractivity contribution in [2.24, 2.45) is 10.9 Å². The van der Waals surface area contributed by atoms with Gasteiger partial charge in [0.05, 0.1) is 13.2 Å². The molecular weight excluding hydrogens is 443 g/mol. The number of benzene rings is 1. The molecule has 1 aliphatic carbocycles. The quantitative estimate of drug-likeness (QED) is 0.235. The van der Waals surface area contributed by atoms with E-state index in [0.717, 1.165) is 25.5 Å². The number of aliphatic imine (C=N–C) groups is 1. The van der Waals surface area contributed by atoms with Crippen LogP contribution in [0.1, 0.15) is 18.4 Å². The van der Waals surface area contributed by atoms with Gasteiger partial charge in [0.2, 0.25) is 5.91 Å². The summed E-state index contributed by atoms with van der Waals surface area (Å²) in [5, 5.41) is 6.01. The highest BCUT2D eigenvalue weighted by Gasteiger charge is 2.21. The predicted octanol–water partition coefficient (Wildman–Crippen LogP) is 1.90. The molecule has 0 unspecified atom stereocenters. The molecule has 1 aromatic rings. The molecule has 0 spiro atoms. The Bertz CT molecular complexity index is 550. The van der Waals surface area contributed by atoms with Gasteiger partial charge in [-0.15, -0.1) is 24.0 Å². The molecule has 0 heterocycles. The lowest BCUT2D eigenvalue weighted by molar-refractivity contribution is -0.120. The first-order valence-electron chi connectivity index (χ1n) is 8.99. The number of halogens is 1. The highest BCUT2D eigenvalue weighted by Crippen LogP contribution is 2.28. The molecule has 1 aliphatic rings.